The van der Waals surface area contributed by atoms with Crippen LogP contribution in [0.25, 0.3) is 0 Å². The van der Waals surface area contributed by atoms with E-state index in [-0.39, 0.29) is 11.6 Å². The molecule has 1 heterocycles. The highest BCUT2D eigenvalue weighted by molar-refractivity contribution is 9.11. The van der Waals surface area contributed by atoms with Crippen molar-refractivity contribution >= 4 is 31.9 Å². The summed E-state index contributed by atoms with van der Waals surface area (Å²) in [6, 6.07) is 3.58. The van der Waals surface area contributed by atoms with Gasteiger partial charge in [-0.05, 0) is 61.1 Å². The molecule has 5 nitrogen and oxygen atoms in total. The fourth-order valence-electron chi connectivity index (χ4n) is 1.33. The Morgan fingerprint density at radius 1 is 1.24 bits per heavy atom. The maximum absolute atomic E-state index is 10.6. The van der Waals surface area contributed by atoms with Crippen molar-refractivity contribution in [3.8, 4) is 5.75 Å². The maximum atomic E-state index is 10.6. The molecule has 2 aromatic rings. The van der Waals surface area contributed by atoms with Gasteiger partial charge in [-0.25, -0.2) is 4.79 Å². The minimum absolute atomic E-state index is 0.154. The summed E-state index contributed by atoms with van der Waals surface area (Å²) in [4.78, 5) is 10.6. The number of nitrogens with zero attached hydrogens (tertiary/aromatic N) is 1. The molecule has 0 aliphatic heterocycles. The van der Waals surface area contributed by atoms with Crippen LogP contribution in [-0.4, -0.2) is 10.3 Å². The van der Waals surface area contributed by atoms with E-state index in [4.69, 9.17) is 0 Å². The molecule has 0 atom stereocenters. The van der Waals surface area contributed by atoms with Crippen molar-refractivity contribution in [2.24, 2.45) is 0 Å². The Labute approximate surface area is 113 Å². The van der Waals surface area contributed by atoms with E-state index in [9.17, 15) is 9.90 Å². The zero-order valence-corrected chi connectivity index (χ0v) is 11.6. The molecule has 90 valence electrons. The molecule has 0 unspecified atom stereocenters. The van der Waals surface area contributed by atoms with Crippen LogP contribution in [0.4, 0.5) is 0 Å². The molecule has 0 radical (unpaired) electrons. The van der Waals surface area contributed by atoms with E-state index >= 15 is 0 Å². The third-order valence-corrected chi connectivity index (χ3v) is 3.34. The third kappa shape index (κ3) is 2.98. The van der Waals surface area contributed by atoms with Gasteiger partial charge in [-0.1, -0.05) is 0 Å². The van der Waals surface area contributed by atoms with Crippen LogP contribution >= 0.6 is 31.9 Å². The molecule has 0 fully saturated rings. The number of aromatic hydroxyl groups is 1. The van der Waals surface area contributed by atoms with E-state index in [2.05, 4.69) is 46.0 Å². The summed E-state index contributed by atoms with van der Waals surface area (Å²) < 4.78 is 10.2. The number of halogens is 2. The fourth-order valence-corrected chi connectivity index (χ4v) is 2.61. The maximum Gasteiger partial charge on any atom is 0.542 e. The molecular weight excluding hydrogens is 358 g/mol. The molecule has 0 amide bonds. The second kappa shape index (κ2) is 5.05. The molecule has 17 heavy (non-hydrogen) atoms. The second-order valence-corrected chi connectivity index (χ2v) is 5.05. The molecule has 1 N–H and O–H groups in total. The molecule has 1 aromatic carbocycles. The van der Waals surface area contributed by atoms with Crippen LogP contribution < -0.4 is 5.82 Å². The molecule has 0 saturated heterocycles. The van der Waals surface area contributed by atoms with Gasteiger partial charge in [0.15, 0.2) is 0 Å². The Morgan fingerprint density at radius 2 is 1.88 bits per heavy atom. The molecule has 0 aliphatic carbocycles. The van der Waals surface area contributed by atoms with Gasteiger partial charge in [0.1, 0.15) is 5.75 Å². The molecule has 0 spiro atoms. The van der Waals surface area contributed by atoms with Gasteiger partial charge in [-0.15, -0.1) is 0 Å². The lowest BCUT2D eigenvalue weighted by Crippen LogP contribution is -1.93. The summed E-state index contributed by atoms with van der Waals surface area (Å²) >= 11 is 6.48. The molecule has 0 bridgehead atoms. The highest BCUT2D eigenvalue weighted by Gasteiger charge is 2.08. The minimum Gasteiger partial charge on any atom is -0.506 e. The van der Waals surface area contributed by atoms with Crippen molar-refractivity contribution in [1.29, 1.82) is 0 Å². The summed E-state index contributed by atoms with van der Waals surface area (Å²) in [5.74, 6) is -0.384. The number of aryl methyl sites for hydroxylation is 2. The van der Waals surface area contributed by atoms with Crippen molar-refractivity contribution in [1.82, 2.24) is 5.16 Å². The largest absolute Gasteiger partial charge is 0.542 e. The van der Waals surface area contributed by atoms with Crippen LogP contribution in [-0.2, 0) is 12.8 Å². The smallest absolute Gasteiger partial charge is 0.506 e. The van der Waals surface area contributed by atoms with E-state index in [0.717, 1.165) is 5.56 Å². The SMILES string of the molecule is O=c1onc(CCc2cc(Br)c(O)c(Br)c2)o1. The van der Waals surface area contributed by atoms with Gasteiger partial charge in [-0.3, -0.25) is 4.52 Å². The number of benzene rings is 1. The second-order valence-electron chi connectivity index (χ2n) is 3.34. The molecule has 0 saturated carbocycles. The number of rotatable bonds is 3. The Hall–Kier alpha value is -1.08. The van der Waals surface area contributed by atoms with Gasteiger partial charge in [0.2, 0.25) is 5.89 Å². The number of phenols is 1. The van der Waals surface area contributed by atoms with Crippen LogP contribution in [0.15, 0.2) is 34.8 Å². The van der Waals surface area contributed by atoms with Crippen molar-refractivity contribution in [2.75, 3.05) is 0 Å². The average molecular weight is 365 g/mol. The van der Waals surface area contributed by atoms with Gasteiger partial charge in [0, 0.05) is 6.42 Å². The van der Waals surface area contributed by atoms with Crippen LogP contribution in [0, 0.1) is 0 Å². The van der Waals surface area contributed by atoms with E-state index in [1.807, 2.05) is 0 Å². The standard InChI is InChI=1S/C10H7Br2NO4/c11-6-3-5(4-7(12)9(6)14)1-2-8-13-17-10(15)16-8/h3-4,14H,1-2H2. The van der Waals surface area contributed by atoms with Gasteiger partial charge >= 0.3 is 5.82 Å². The summed E-state index contributed by atoms with van der Waals surface area (Å²) in [6.07, 6.45) is 1.07. The predicted octanol–water partition coefficient (Wildman–Crippen LogP) is 2.64. The highest BCUT2D eigenvalue weighted by atomic mass is 79.9. The first-order valence-corrected chi connectivity index (χ1v) is 6.27. The average Bonchev–Trinajstić information content (AvgIpc) is 2.69. The normalized spacial score (nSPS) is 10.7. The van der Waals surface area contributed by atoms with Crippen LogP contribution in [0.3, 0.4) is 0 Å². The molecule has 0 aliphatic rings. The summed E-state index contributed by atoms with van der Waals surface area (Å²) in [6.45, 7) is 0. The van der Waals surface area contributed by atoms with Gasteiger partial charge in [0.25, 0.3) is 0 Å². The van der Waals surface area contributed by atoms with Crippen molar-refractivity contribution < 1.29 is 14.0 Å². The van der Waals surface area contributed by atoms with E-state index in [0.29, 0.717) is 21.8 Å². The first kappa shape index (κ1) is 12.4. The third-order valence-electron chi connectivity index (χ3n) is 2.13. The zero-order valence-electron chi connectivity index (χ0n) is 8.44. The van der Waals surface area contributed by atoms with Crippen molar-refractivity contribution in [2.45, 2.75) is 12.8 Å². The van der Waals surface area contributed by atoms with Crippen LogP contribution in [0.2, 0.25) is 0 Å². The van der Waals surface area contributed by atoms with E-state index in [1.54, 1.807) is 12.1 Å². The van der Waals surface area contributed by atoms with Gasteiger partial charge in [0.05, 0.1) is 8.95 Å². The first-order valence-electron chi connectivity index (χ1n) is 4.69. The summed E-state index contributed by atoms with van der Waals surface area (Å²) in [5.41, 5.74) is 0.965. The quantitative estimate of drug-likeness (QED) is 0.905. The molecular formula is C10H7Br2NO4. The molecule has 2 rings (SSSR count). The summed E-state index contributed by atoms with van der Waals surface area (Å²) in [7, 11) is 0. The lowest BCUT2D eigenvalue weighted by atomic mass is 10.1. The topological polar surface area (TPSA) is 76.5 Å². The van der Waals surface area contributed by atoms with Crippen LogP contribution in [0.5, 0.6) is 5.75 Å². The summed E-state index contributed by atoms with van der Waals surface area (Å²) in [5, 5.41) is 13.0. The van der Waals surface area contributed by atoms with Crippen LogP contribution in [0.1, 0.15) is 11.5 Å². The first-order chi connectivity index (χ1) is 8.06. The molecule has 7 heteroatoms. The predicted molar refractivity (Wildman–Crippen MR) is 66.0 cm³/mol. The van der Waals surface area contributed by atoms with Crippen molar-refractivity contribution in [3.63, 3.8) is 0 Å². The van der Waals surface area contributed by atoms with Gasteiger partial charge in [-0.2, -0.15) is 0 Å². The highest BCUT2D eigenvalue weighted by Crippen LogP contribution is 2.33. The lowest BCUT2D eigenvalue weighted by molar-refractivity contribution is 0.334. The van der Waals surface area contributed by atoms with Gasteiger partial charge < -0.3 is 9.52 Å². The Balaban J connectivity index is 2.12. The lowest BCUT2D eigenvalue weighted by Gasteiger charge is -2.04. The Morgan fingerprint density at radius 3 is 2.41 bits per heavy atom. The fraction of sp³-hybridized carbons (Fsp3) is 0.200. The monoisotopic (exact) mass is 363 g/mol. The number of phenolic OH excluding ortho intramolecular Hbond substituents is 1. The number of hydrogen-bond donors (Lipinski definition) is 1. The van der Waals surface area contributed by atoms with E-state index in [1.165, 1.54) is 0 Å². The zero-order chi connectivity index (χ0) is 12.4. The minimum atomic E-state index is -0.798. The Bertz CT molecular complexity index is 567. The Kier molecular flexibility index (Phi) is 3.68. The van der Waals surface area contributed by atoms with E-state index < -0.39 is 5.82 Å². The number of aromatic nitrogens is 1. The van der Waals surface area contributed by atoms with Crippen molar-refractivity contribution in [3.05, 3.63) is 43.1 Å². The number of hydrogen-bond acceptors (Lipinski definition) is 5. The molecule has 1 aromatic heterocycles.